The maximum Gasteiger partial charge on any atom is 0.240 e. The molecule has 0 bridgehead atoms. The van der Waals surface area contributed by atoms with Gasteiger partial charge >= 0.3 is 0 Å². The van der Waals surface area contributed by atoms with E-state index in [2.05, 4.69) is 15.4 Å². The zero-order valence-corrected chi connectivity index (χ0v) is 11.4. The summed E-state index contributed by atoms with van der Waals surface area (Å²) >= 11 is 1.31. The minimum Gasteiger partial charge on any atom is -0.366 e. The van der Waals surface area contributed by atoms with Crippen molar-refractivity contribution in [3.8, 4) is 5.69 Å². The summed E-state index contributed by atoms with van der Waals surface area (Å²) in [5, 5.41) is 7.48. The number of anilines is 1. The predicted octanol–water partition coefficient (Wildman–Crippen LogP) is 1.08. The molecule has 0 spiro atoms. The fraction of sp³-hybridized carbons (Fsp3) is 0.250. The van der Waals surface area contributed by atoms with E-state index in [1.165, 1.54) is 11.8 Å². The van der Waals surface area contributed by atoms with Crippen molar-refractivity contribution >= 4 is 23.6 Å². The van der Waals surface area contributed by atoms with Crippen LogP contribution in [0.3, 0.4) is 0 Å². The van der Waals surface area contributed by atoms with E-state index in [4.69, 9.17) is 5.73 Å². The normalized spacial score (nSPS) is 10.4. The predicted molar refractivity (Wildman–Crippen MR) is 75.2 cm³/mol. The number of nitrogens with one attached hydrogen (secondary N) is 1. The van der Waals surface area contributed by atoms with Gasteiger partial charge in [-0.1, -0.05) is 30.0 Å². The number of amides is 1. The van der Waals surface area contributed by atoms with Crippen LogP contribution >= 0.6 is 11.8 Å². The average molecular weight is 277 g/mol. The Morgan fingerprint density at radius 2 is 2.16 bits per heavy atom. The fourth-order valence-corrected chi connectivity index (χ4v) is 2.31. The monoisotopic (exact) mass is 277 g/mol. The second kappa shape index (κ2) is 6.24. The highest BCUT2D eigenvalue weighted by Crippen LogP contribution is 2.20. The molecule has 1 amide bonds. The zero-order chi connectivity index (χ0) is 13.7. The van der Waals surface area contributed by atoms with Gasteiger partial charge in [-0.3, -0.25) is 4.79 Å². The lowest BCUT2D eigenvalue weighted by Gasteiger charge is -2.05. The van der Waals surface area contributed by atoms with E-state index in [0.717, 1.165) is 5.69 Å². The number of hydrogen-bond acceptors (Lipinski definition) is 5. The molecule has 6 nitrogen and oxygen atoms in total. The van der Waals surface area contributed by atoms with Crippen LogP contribution in [0.5, 0.6) is 0 Å². The Bertz CT molecular complexity index is 555. The first-order valence-corrected chi connectivity index (χ1v) is 6.86. The summed E-state index contributed by atoms with van der Waals surface area (Å²) in [5.74, 6) is 0.453. The minimum atomic E-state index is -0.0336. The molecule has 0 atom stereocenters. The van der Waals surface area contributed by atoms with Crippen LogP contribution in [0.1, 0.15) is 6.92 Å². The van der Waals surface area contributed by atoms with Crippen molar-refractivity contribution in [1.82, 2.24) is 20.1 Å². The molecule has 0 radical (unpaired) electrons. The summed E-state index contributed by atoms with van der Waals surface area (Å²) in [6.07, 6.45) is 0. The number of hydrogen-bond donors (Lipinski definition) is 2. The van der Waals surface area contributed by atoms with Gasteiger partial charge in [-0.15, -0.1) is 5.10 Å². The zero-order valence-electron chi connectivity index (χ0n) is 10.5. The van der Waals surface area contributed by atoms with Crippen LogP contribution in [0.25, 0.3) is 5.69 Å². The summed E-state index contributed by atoms with van der Waals surface area (Å²) in [6, 6.07) is 9.55. The van der Waals surface area contributed by atoms with Gasteiger partial charge in [-0.05, 0) is 19.1 Å². The Balaban J connectivity index is 2.15. The highest BCUT2D eigenvalue weighted by Gasteiger charge is 2.12. The van der Waals surface area contributed by atoms with Gasteiger partial charge in [0.25, 0.3) is 0 Å². The Morgan fingerprint density at radius 1 is 1.42 bits per heavy atom. The molecule has 0 saturated carbocycles. The van der Waals surface area contributed by atoms with Crippen LogP contribution in [0.2, 0.25) is 0 Å². The minimum absolute atomic E-state index is 0.0336. The maximum absolute atomic E-state index is 11.5. The molecule has 0 aliphatic heterocycles. The number of aromatic nitrogens is 3. The number of nitrogens with zero attached hydrogens (tertiary/aromatic N) is 3. The quantitative estimate of drug-likeness (QED) is 0.799. The average Bonchev–Trinajstić information content (AvgIpc) is 2.79. The summed E-state index contributed by atoms with van der Waals surface area (Å²) in [5.41, 5.74) is 6.49. The van der Waals surface area contributed by atoms with E-state index < -0.39 is 0 Å². The lowest BCUT2D eigenvalue weighted by molar-refractivity contribution is -0.118. The van der Waals surface area contributed by atoms with E-state index in [9.17, 15) is 4.79 Å². The van der Waals surface area contributed by atoms with E-state index in [1.807, 2.05) is 37.3 Å². The summed E-state index contributed by atoms with van der Waals surface area (Å²) < 4.78 is 1.64. The first-order valence-electron chi connectivity index (χ1n) is 5.88. The fourth-order valence-electron chi connectivity index (χ4n) is 1.52. The van der Waals surface area contributed by atoms with Gasteiger partial charge in [-0.2, -0.15) is 4.98 Å². The molecule has 1 heterocycles. The molecule has 2 aromatic rings. The van der Waals surface area contributed by atoms with Crippen LogP contribution in [0, 0.1) is 0 Å². The molecule has 0 unspecified atom stereocenters. The second-order valence-corrected chi connectivity index (χ2v) is 4.68. The third-order valence-corrected chi connectivity index (χ3v) is 3.23. The summed E-state index contributed by atoms with van der Waals surface area (Å²) in [4.78, 5) is 15.6. The first kappa shape index (κ1) is 13.4. The molecular weight excluding hydrogens is 262 g/mol. The topological polar surface area (TPSA) is 85.8 Å². The van der Waals surface area contributed by atoms with Crippen molar-refractivity contribution in [1.29, 1.82) is 0 Å². The largest absolute Gasteiger partial charge is 0.366 e. The second-order valence-electron chi connectivity index (χ2n) is 3.74. The van der Waals surface area contributed by atoms with Gasteiger partial charge in [0.1, 0.15) is 0 Å². The Hall–Kier alpha value is -2.02. The van der Waals surface area contributed by atoms with Crippen molar-refractivity contribution in [3.63, 3.8) is 0 Å². The van der Waals surface area contributed by atoms with Crippen molar-refractivity contribution in [3.05, 3.63) is 30.3 Å². The third-order valence-electron chi connectivity index (χ3n) is 2.30. The third kappa shape index (κ3) is 3.47. The summed E-state index contributed by atoms with van der Waals surface area (Å²) in [7, 11) is 0. The van der Waals surface area contributed by atoms with Crippen molar-refractivity contribution in [2.24, 2.45) is 0 Å². The van der Waals surface area contributed by atoms with Gasteiger partial charge < -0.3 is 11.1 Å². The molecule has 100 valence electrons. The molecule has 0 saturated heterocycles. The van der Waals surface area contributed by atoms with Crippen molar-refractivity contribution in [2.45, 2.75) is 12.1 Å². The van der Waals surface area contributed by atoms with Crippen LogP contribution in [0.15, 0.2) is 35.5 Å². The van der Waals surface area contributed by atoms with Crippen LogP contribution in [0.4, 0.5) is 5.95 Å². The number of carbonyl (C=O) groups excluding carboxylic acids is 1. The number of thioether (sulfide) groups is 1. The molecule has 0 fully saturated rings. The van der Waals surface area contributed by atoms with E-state index in [-0.39, 0.29) is 11.9 Å². The number of nitrogens with two attached hydrogens (primary N) is 1. The SMILES string of the molecule is CCNC(=O)CSc1nc(N)nn1-c1ccccc1. The van der Waals surface area contributed by atoms with E-state index >= 15 is 0 Å². The number of rotatable bonds is 5. The standard InChI is InChI=1S/C12H15N5OS/c1-2-14-10(18)8-19-12-15-11(13)16-17(12)9-6-4-3-5-7-9/h3-7H,2,8H2,1H3,(H2,13,16)(H,14,18). The van der Waals surface area contributed by atoms with Crippen molar-refractivity contribution in [2.75, 3.05) is 18.0 Å². The molecule has 1 aromatic heterocycles. The molecule has 1 aromatic carbocycles. The first-order chi connectivity index (χ1) is 9.20. The van der Waals surface area contributed by atoms with Crippen LogP contribution < -0.4 is 11.1 Å². The Kier molecular flexibility index (Phi) is 4.40. The highest BCUT2D eigenvalue weighted by atomic mass is 32.2. The van der Waals surface area contributed by atoms with Crippen LogP contribution in [-0.2, 0) is 4.79 Å². The number of carbonyl (C=O) groups is 1. The molecule has 7 heteroatoms. The number of nitrogen functional groups attached to an aromatic ring is 1. The molecule has 2 rings (SSSR count). The van der Waals surface area contributed by atoms with Gasteiger partial charge in [-0.25, -0.2) is 4.68 Å². The van der Waals surface area contributed by atoms with Gasteiger partial charge in [0.15, 0.2) is 5.16 Å². The van der Waals surface area contributed by atoms with E-state index in [1.54, 1.807) is 4.68 Å². The van der Waals surface area contributed by atoms with E-state index in [0.29, 0.717) is 17.5 Å². The molecule has 0 aliphatic carbocycles. The number of benzene rings is 1. The number of para-hydroxylation sites is 1. The lowest BCUT2D eigenvalue weighted by atomic mass is 10.3. The molecule has 3 N–H and O–H groups in total. The molecule has 19 heavy (non-hydrogen) atoms. The van der Waals surface area contributed by atoms with Crippen molar-refractivity contribution < 1.29 is 4.79 Å². The Labute approximate surface area is 115 Å². The maximum atomic E-state index is 11.5. The Morgan fingerprint density at radius 3 is 2.84 bits per heavy atom. The molecular formula is C12H15N5OS. The van der Waals surface area contributed by atoms with Gasteiger partial charge in [0.2, 0.25) is 11.9 Å². The van der Waals surface area contributed by atoms with Gasteiger partial charge in [0.05, 0.1) is 11.4 Å². The molecule has 0 aliphatic rings. The van der Waals surface area contributed by atoms with Gasteiger partial charge in [0, 0.05) is 6.54 Å². The lowest BCUT2D eigenvalue weighted by Crippen LogP contribution is -2.24. The van der Waals surface area contributed by atoms with Crippen LogP contribution in [-0.4, -0.2) is 33.0 Å². The smallest absolute Gasteiger partial charge is 0.240 e. The highest BCUT2D eigenvalue weighted by molar-refractivity contribution is 7.99. The summed E-state index contributed by atoms with van der Waals surface area (Å²) in [6.45, 7) is 2.50.